The van der Waals surface area contributed by atoms with Gasteiger partial charge in [-0.15, -0.1) is 11.3 Å². The van der Waals surface area contributed by atoms with E-state index < -0.39 is 0 Å². The Bertz CT molecular complexity index is 938. The lowest BCUT2D eigenvalue weighted by Crippen LogP contribution is -2.22. The summed E-state index contributed by atoms with van der Waals surface area (Å²) in [6.45, 7) is 8.16. The molecule has 22 heavy (non-hydrogen) atoms. The molecule has 3 nitrogen and oxygen atoms in total. The summed E-state index contributed by atoms with van der Waals surface area (Å²) in [6, 6.07) is 6.05. The van der Waals surface area contributed by atoms with E-state index >= 15 is 0 Å². The van der Waals surface area contributed by atoms with E-state index in [-0.39, 0.29) is 5.56 Å². The van der Waals surface area contributed by atoms with Gasteiger partial charge in [0.25, 0.3) is 5.56 Å². The number of rotatable bonds is 2. The summed E-state index contributed by atoms with van der Waals surface area (Å²) < 4.78 is 1.76. The lowest BCUT2D eigenvalue weighted by Gasteiger charge is -2.14. The van der Waals surface area contributed by atoms with Crippen molar-refractivity contribution in [2.45, 2.75) is 32.9 Å². The molecule has 0 aliphatic carbocycles. The number of nitrogens with zero attached hydrogens (tertiary/aromatic N) is 2. The molecule has 1 aromatic carbocycles. The summed E-state index contributed by atoms with van der Waals surface area (Å²) in [5, 5.41) is 1.49. The van der Waals surface area contributed by atoms with Gasteiger partial charge in [-0.05, 0) is 56.7 Å². The van der Waals surface area contributed by atoms with Gasteiger partial charge >= 0.3 is 0 Å². The van der Waals surface area contributed by atoms with Crippen LogP contribution in [0.25, 0.3) is 15.9 Å². The van der Waals surface area contributed by atoms with Crippen LogP contribution in [0.5, 0.6) is 0 Å². The van der Waals surface area contributed by atoms with E-state index in [1.807, 2.05) is 32.2 Å². The summed E-state index contributed by atoms with van der Waals surface area (Å²) >= 11 is 3.10. The van der Waals surface area contributed by atoms with Crippen LogP contribution in [0.1, 0.15) is 21.6 Å². The van der Waals surface area contributed by atoms with Gasteiger partial charge in [-0.2, -0.15) is 0 Å². The molecule has 0 spiro atoms. The summed E-state index contributed by atoms with van der Waals surface area (Å²) in [6.07, 6.45) is 1.96. The summed E-state index contributed by atoms with van der Waals surface area (Å²) in [5.74, 6) is 0. The minimum atomic E-state index is 0.0323. The van der Waals surface area contributed by atoms with E-state index in [0.29, 0.717) is 0 Å². The Hall–Kier alpha value is -1.59. The van der Waals surface area contributed by atoms with E-state index in [0.717, 1.165) is 37.1 Å². The minimum absolute atomic E-state index is 0.0323. The molecular weight excluding hydrogens is 312 g/mol. The van der Waals surface area contributed by atoms with Crippen molar-refractivity contribution in [3.63, 3.8) is 0 Å². The molecule has 114 valence electrons. The van der Waals surface area contributed by atoms with E-state index in [9.17, 15) is 4.79 Å². The van der Waals surface area contributed by atoms with Gasteiger partial charge in [-0.25, -0.2) is 4.98 Å². The molecule has 2 aromatic heterocycles. The maximum Gasteiger partial charge on any atom is 0.267 e. The zero-order valence-corrected chi connectivity index (χ0v) is 15.0. The summed E-state index contributed by atoms with van der Waals surface area (Å²) in [4.78, 5) is 19.8. The van der Waals surface area contributed by atoms with Crippen molar-refractivity contribution in [3.05, 3.63) is 50.1 Å². The van der Waals surface area contributed by atoms with Gasteiger partial charge in [0, 0.05) is 4.88 Å². The monoisotopic (exact) mass is 330 g/mol. The first-order valence-electron chi connectivity index (χ1n) is 7.09. The molecule has 0 radical (unpaired) electrons. The zero-order chi connectivity index (χ0) is 16.0. The van der Waals surface area contributed by atoms with E-state index in [1.54, 1.807) is 15.9 Å². The van der Waals surface area contributed by atoms with E-state index in [1.165, 1.54) is 17.3 Å². The number of thiophene rings is 1. The van der Waals surface area contributed by atoms with Crippen molar-refractivity contribution in [3.8, 4) is 5.69 Å². The van der Waals surface area contributed by atoms with Crippen molar-refractivity contribution in [2.24, 2.45) is 0 Å². The molecule has 0 N–H and O–H groups in total. The van der Waals surface area contributed by atoms with Crippen molar-refractivity contribution < 1.29 is 0 Å². The van der Waals surface area contributed by atoms with Crippen LogP contribution < -0.4 is 5.56 Å². The molecular formula is C17H18N2OS2. The lowest BCUT2D eigenvalue weighted by atomic mass is 10.1. The Labute approximate surface area is 138 Å². The van der Waals surface area contributed by atoms with Crippen LogP contribution in [-0.2, 0) is 0 Å². The van der Waals surface area contributed by atoms with Gasteiger partial charge in [-0.3, -0.25) is 9.36 Å². The van der Waals surface area contributed by atoms with Crippen molar-refractivity contribution in [1.29, 1.82) is 0 Å². The van der Waals surface area contributed by atoms with Crippen LogP contribution >= 0.6 is 23.1 Å². The van der Waals surface area contributed by atoms with E-state index in [2.05, 4.69) is 19.9 Å². The predicted molar refractivity (Wildman–Crippen MR) is 95.9 cm³/mol. The molecule has 0 saturated carbocycles. The minimum Gasteiger partial charge on any atom is -0.268 e. The van der Waals surface area contributed by atoms with Gasteiger partial charge in [0.05, 0.1) is 11.1 Å². The fourth-order valence-corrected chi connectivity index (χ4v) is 4.23. The lowest BCUT2D eigenvalue weighted by molar-refractivity contribution is 0.817. The largest absolute Gasteiger partial charge is 0.268 e. The van der Waals surface area contributed by atoms with Crippen molar-refractivity contribution >= 4 is 33.3 Å². The normalized spacial score (nSPS) is 11.3. The topological polar surface area (TPSA) is 34.9 Å². The molecule has 3 rings (SSSR count). The predicted octanol–water partition coefficient (Wildman–Crippen LogP) is 4.40. The third-order valence-corrected chi connectivity index (χ3v) is 5.91. The third kappa shape index (κ3) is 2.20. The first-order chi connectivity index (χ1) is 10.5. The van der Waals surface area contributed by atoms with Crippen LogP contribution in [0.2, 0.25) is 0 Å². The smallest absolute Gasteiger partial charge is 0.267 e. The first-order valence-corrected chi connectivity index (χ1v) is 9.13. The average Bonchev–Trinajstić information content (AvgIpc) is 2.77. The number of thioether (sulfide) groups is 1. The highest BCUT2D eigenvalue weighted by Crippen LogP contribution is 2.29. The Balaban J connectivity index is 2.47. The Kier molecular flexibility index (Phi) is 3.87. The van der Waals surface area contributed by atoms with E-state index in [4.69, 9.17) is 4.98 Å². The quantitative estimate of drug-likeness (QED) is 0.516. The van der Waals surface area contributed by atoms with Gasteiger partial charge in [-0.1, -0.05) is 23.9 Å². The van der Waals surface area contributed by atoms with Gasteiger partial charge in [0.2, 0.25) is 0 Å². The average molecular weight is 330 g/mol. The first kappa shape index (κ1) is 15.3. The molecule has 0 bridgehead atoms. The number of benzene rings is 1. The van der Waals surface area contributed by atoms with Crippen LogP contribution in [-0.4, -0.2) is 15.8 Å². The number of hydrogen-bond donors (Lipinski definition) is 0. The highest BCUT2D eigenvalue weighted by Gasteiger charge is 2.18. The molecule has 0 amide bonds. The standard InChI is InChI=1S/C17H18N2OS2/c1-9-7-6-8-13(10(9)2)19-16(20)14-11(3)12(4)22-15(14)18-17(19)21-5/h6-8H,1-5H3. The van der Waals surface area contributed by atoms with Crippen molar-refractivity contribution in [1.82, 2.24) is 9.55 Å². The van der Waals surface area contributed by atoms with Gasteiger partial charge < -0.3 is 0 Å². The molecule has 0 aliphatic rings. The Morgan fingerprint density at radius 3 is 2.55 bits per heavy atom. The fraction of sp³-hybridized carbons (Fsp3) is 0.294. The van der Waals surface area contributed by atoms with Crippen molar-refractivity contribution in [2.75, 3.05) is 6.26 Å². The zero-order valence-electron chi connectivity index (χ0n) is 13.4. The number of fused-ring (bicyclic) bond motifs is 1. The maximum atomic E-state index is 13.1. The molecule has 0 saturated heterocycles. The molecule has 2 heterocycles. The molecule has 0 aliphatic heterocycles. The number of hydrogen-bond acceptors (Lipinski definition) is 4. The second-order valence-electron chi connectivity index (χ2n) is 5.42. The highest BCUT2D eigenvalue weighted by atomic mass is 32.2. The van der Waals surface area contributed by atoms with Gasteiger partial charge in [0.15, 0.2) is 5.16 Å². The van der Waals surface area contributed by atoms with Crippen LogP contribution in [0.4, 0.5) is 0 Å². The molecule has 3 aromatic rings. The van der Waals surface area contributed by atoms with Gasteiger partial charge in [0.1, 0.15) is 4.83 Å². The fourth-order valence-electron chi connectivity index (χ4n) is 2.60. The Morgan fingerprint density at radius 1 is 1.14 bits per heavy atom. The maximum absolute atomic E-state index is 13.1. The molecule has 0 fully saturated rings. The van der Waals surface area contributed by atoms with Crippen LogP contribution in [0.15, 0.2) is 28.2 Å². The molecule has 0 atom stereocenters. The third-order valence-electron chi connectivity index (χ3n) is 4.17. The number of aromatic nitrogens is 2. The summed E-state index contributed by atoms with van der Waals surface area (Å²) in [5.41, 5.74) is 4.29. The summed E-state index contributed by atoms with van der Waals surface area (Å²) in [7, 11) is 0. The second kappa shape index (κ2) is 5.56. The molecule has 5 heteroatoms. The SMILES string of the molecule is CSc1nc2sc(C)c(C)c2c(=O)n1-c1cccc(C)c1C. The molecule has 0 unspecified atom stereocenters. The highest BCUT2D eigenvalue weighted by molar-refractivity contribution is 7.98. The van der Waals surface area contributed by atoms with Crippen LogP contribution in [0, 0.1) is 27.7 Å². The Morgan fingerprint density at radius 2 is 1.86 bits per heavy atom. The number of aryl methyl sites for hydroxylation is 3. The second-order valence-corrected chi connectivity index (χ2v) is 7.40. The van der Waals surface area contributed by atoms with Crippen LogP contribution in [0.3, 0.4) is 0 Å².